The highest BCUT2D eigenvalue weighted by atomic mass is 19.1. The van der Waals surface area contributed by atoms with Gasteiger partial charge in [-0.05, 0) is 44.5 Å². The van der Waals surface area contributed by atoms with Crippen LogP contribution >= 0.6 is 0 Å². The van der Waals surface area contributed by atoms with E-state index in [1.165, 1.54) is 12.1 Å². The van der Waals surface area contributed by atoms with Gasteiger partial charge in [0.1, 0.15) is 5.82 Å². The molecule has 0 spiro atoms. The maximum absolute atomic E-state index is 13.3. The molecule has 0 aliphatic carbocycles. The highest BCUT2D eigenvalue weighted by Gasteiger charge is 2.20. The summed E-state index contributed by atoms with van der Waals surface area (Å²) in [5.74, 6) is -0.131. The zero-order valence-corrected chi connectivity index (χ0v) is 13.8. The lowest BCUT2D eigenvalue weighted by Crippen LogP contribution is -2.31. The van der Waals surface area contributed by atoms with Crippen molar-refractivity contribution in [2.45, 2.75) is 27.3 Å². The molecule has 0 aliphatic heterocycles. The number of carbonyl (C=O) groups excluding carboxylic acids is 1. The molecule has 3 aromatic rings. The maximum Gasteiger partial charge on any atom is 0.293 e. The fourth-order valence-electron chi connectivity index (χ4n) is 2.58. The molecule has 124 valence electrons. The Bertz CT molecular complexity index is 905. The quantitative estimate of drug-likeness (QED) is 0.739. The third-order valence-corrected chi connectivity index (χ3v) is 3.74. The van der Waals surface area contributed by atoms with Crippen LogP contribution in [0.1, 0.15) is 34.5 Å². The maximum atomic E-state index is 13.3. The summed E-state index contributed by atoms with van der Waals surface area (Å²) in [6, 6.07) is 8.08. The number of benzene rings is 1. The second kappa shape index (κ2) is 6.35. The summed E-state index contributed by atoms with van der Waals surface area (Å²) in [6.07, 6.45) is 0. The number of hydrogen-bond donors (Lipinski definition) is 0. The van der Waals surface area contributed by atoms with Crippen LogP contribution in [-0.2, 0) is 6.54 Å². The van der Waals surface area contributed by atoms with Gasteiger partial charge in [-0.2, -0.15) is 4.98 Å². The molecule has 0 saturated carbocycles. The predicted octanol–water partition coefficient (Wildman–Crippen LogP) is 2.54. The number of rotatable bonds is 4. The van der Waals surface area contributed by atoms with E-state index in [0.29, 0.717) is 18.9 Å². The number of amides is 1. The predicted molar refractivity (Wildman–Crippen MR) is 87.1 cm³/mol. The third kappa shape index (κ3) is 3.10. The summed E-state index contributed by atoms with van der Waals surface area (Å²) in [6.45, 7) is 6.38. The topological polar surface area (TPSA) is 63.4 Å². The molecule has 7 heteroatoms. The zero-order chi connectivity index (χ0) is 17.3. The lowest BCUT2D eigenvalue weighted by atomic mass is 10.2. The molecule has 0 aliphatic rings. The van der Waals surface area contributed by atoms with E-state index in [0.717, 1.165) is 17.0 Å². The molecule has 24 heavy (non-hydrogen) atoms. The van der Waals surface area contributed by atoms with E-state index in [9.17, 15) is 9.18 Å². The average molecular weight is 327 g/mol. The Labute approximate surface area is 139 Å². The van der Waals surface area contributed by atoms with Crippen LogP contribution in [0.15, 0.2) is 30.3 Å². The van der Waals surface area contributed by atoms with Crippen molar-refractivity contribution in [3.63, 3.8) is 0 Å². The smallest absolute Gasteiger partial charge is 0.293 e. The van der Waals surface area contributed by atoms with Crippen LogP contribution in [0.5, 0.6) is 0 Å². The molecular weight excluding hydrogens is 309 g/mol. The van der Waals surface area contributed by atoms with Gasteiger partial charge in [-0.15, -0.1) is 5.10 Å². The van der Waals surface area contributed by atoms with Crippen molar-refractivity contribution in [2.75, 3.05) is 6.54 Å². The number of aromatic nitrogens is 4. The first-order valence-corrected chi connectivity index (χ1v) is 7.72. The van der Waals surface area contributed by atoms with Gasteiger partial charge in [0.15, 0.2) is 0 Å². The molecule has 0 atom stereocenters. The number of halogens is 1. The standard InChI is InChI=1S/C17H18FN5O/c1-4-22(10-13-6-5-7-14(18)9-13)16(24)15-20-17-19-11(2)8-12(3)23(17)21-15/h5-9H,4,10H2,1-3H3. The molecular formula is C17H18FN5O. The third-order valence-electron chi connectivity index (χ3n) is 3.74. The molecule has 6 nitrogen and oxygen atoms in total. The van der Waals surface area contributed by atoms with Gasteiger partial charge in [-0.1, -0.05) is 12.1 Å². The average Bonchev–Trinajstić information content (AvgIpc) is 2.96. The minimum atomic E-state index is -0.322. The van der Waals surface area contributed by atoms with Crippen molar-refractivity contribution in [1.29, 1.82) is 0 Å². The van der Waals surface area contributed by atoms with Crippen molar-refractivity contribution in [3.05, 3.63) is 58.9 Å². The van der Waals surface area contributed by atoms with Crippen molar-refractivity contribution in [1.82, 2.24) is 24.5 Å². The van der Waals surface area contributed by atoms with Crippen LogP contribution in [-0.4, -0.2) is 36.9 Å². The van der Waals surface area contributed by atoms with Crippen molar-refractivity contribution in [2.24, 2.45) is 0 Å². The van der Waals surface area contributed by atoms with Crippen LogP contribution in [0, 0.1) is 19.7 Å². The summed E-state index contributed by atoms with van der Waals surface area (Å²) in [5, 5.41) is 4.26. The Hall–Kier alpha value is -2.83. The van der Waals surface area contributed by atoms with Gasteiger partial charge in [0, 0.05) is 24.5 Å². The minimum absolute atomic E-state index is 0.0921. The Morgan fingerprint density at radius 3 is 2.75 bits per heavy atom. The summed E-state index contributed by atoms with van der Waals surface area (Å²) in [4.78, 5) is 22.8. The first-order chi connectivity index (χ1) is 11.5. The lowest BCUT2D eigenvalue weighted by molar-refractivity contribution is 0.0740. The Balaban J connectivity index is 1.90. The molecule has 2 heterocycles. The molecule has 1 amide bonds. The minimum Gasteiger partial charge on any atom is -0.332 e. The van der Waals surface area contributed by atoms with Gasteiger partial charge in [0.05, 0.1) is 0 Å². The fourth-order valence-corrected chi connectivity index (χ4v) is 2.58. The largest absolute Gasteiger partial charge is 0.332 e. The second-order valence-electron chi connectivity index (χ2n) is 5.64. The summed E-state index contributed by atoms with van der Waals surface area (Å²) < 4.78 is 14.9. The molecule has 0 bridgehead atoms. The first kappa shape index (κ1) is 16.0. The van der Waals surface area contributed by atoms with Gasteiger partial charge < -0.3 is 4.90 Å². The van der Waals surface area contributed by atoms with E-state index in [1.807, 2.05) is 26.8 Å². The van der Waals surface area contributed by atoms with Crippen LogP contribution in [0.25, 0.3) is 5.78 Å². The molecule has 0 N–H and O–H groups in total. The number of hydrogen-bond acceptors (Lipinski definition) is 4. The van der Waals surface area contributed by atoms with E-state index >= 15 is 0 Å². The van der Waals surface area contributed by atoms with Crippen molar-refractivity contribution >= 4 is 11.7 Å². The number of aryl methyl sites for hydroxylation is 2. The molecule has 1 aromatic carbocycles. The van der Waals surface area contributed by atoms with Crippen LogP contribution in [0.3, 0.4) is 0 Å². The number of fused-ring (bicyclic) bond motifs is 1. The van der Waals surface area contributed by atoms with Crippen LogP contribution < -0.4 is 0 Å². The van der Waals surface area contributed by atoms with E-state index in [4.69, 9.17) is 0 Å². The summed E-state index contributed by atoms with van der Waals surface area (Å²) in [7, 11) is 0. The zero-order valence-electron chi connectivity index (χ0n) is 13.8. The normalized spacial score (nSPS) is 11.0. The Kier molecular flexibility index (Phi) is 4.24. The summed E-state index contributed by atoms with van der Waals surface area (Å²) >= 11 is 0. The lowest BCUT2D eigenvalue weighted by Gasteiger charge is -2.19. The van der Waals surface area contributed by atoms with Crippen molar-refractivity contribution < 1.29 is 9.18 Å². The number of carbonyl (C=O) groups is 1. The van der Waals surface area contributed by atoms with E-state index < -0.39 is 0 Å². The molecule has 2 aromatic heterocycles. The Morgan fingerprint density at radius 1 is 1.25 bits per heavy atom. The van der Waals surface area contributed by atoms with Gasteiger partial charge >= 0.3 is 0 Å². The number of nitrogens with zero attached hydrogens (tertiary/aromatic N) is 5. The monoisotopic (exact) mass is 327 g/mol. The van der Waals surface area contributed by atoms with Crippen LogP contribution in [0.4, 0.5) is 4.39 Å². The van der Waals surface area contributed by atoms with Crippen LogP contribution in [0.2, 0.25) is 0 Å². The molecule has 0 saturated heterocycles. The molecule has 0 unspecified atom stereocenters. The highest BCUT2D eigenvalue weighted by molar-refractivity contribution is 5.90. The van der Waals surface area contributed by atoms with Gasteiger partial charge in [-0.25, -0.2) is 13.9 Å². The molecule has 0 radical (unpaired) electrons. The fraction of sp³-hybridized carbons (Fsp3) is 0.294. The van der Waals surface area contributed by atoms with E-state index in [1.54, 1.807) is 21.5 Å². The first-order valence-electron chi connectivity index (χ1n) is 7.72. The second-order valence-corrected chi connectivity index (χ2v) is 5.64. The van der Waals surface area contributed by atoms with Gasteiger partial charge in [-0.3, -0.25) is 4.79 Å². The van der Waals surface area contributed by atoms with E-state index in [-0.39, 0.29) is 17.5 Å². The highest BCUT2D eigenvalue weighted by Crippen LogP contribution is 2.11. The Morgan fingerprint density at radius 2 is 2.04 bits per heavy atom. The molecule has 0 fully saturated rings. The SMILES string of the molecule is CCN(Cc1cccc(F)c1)C(=O)c1nc2nc(C)cc(C)n2n1. The summed E-state index contributed by atoms with van der Waals surface area (Å²) in [5.41, 5.74) is 2.40. The van der Waals surface area contributed by atoms with Gasteiger partial charge in [0.2, 0.25) is 5.82 Å². The van der Waals surface area contributed by atoms with Gasteiger partial charge in [0.25, 0.3) is 11.7 Å². The molecule has 3 rings (SSSR count). The van der Waals surface area contributed by atoms with Crippen molar-refractivity contribution in [3.8, 4) is 0 Å². The van der Waals surface area contributed by atoms with E-state index in [2.05, 4.69) is 15.1 Å².